The summed E-state index contributed by atoms with van der Waals surface area (Å²) in [5.41, 5.74) is 6.74. The summed E-state index contributed by atoms with van der Waals surface area (Å²) in [6.45, 7) is 0.624. The normalized spacial score (nSPS) is 25.9. The van der Waals surface area contributed by atoms with E-state index in [1.807, 2.05) is 24.3 Å². The lowest BCUT2D eigenvalue weighted by Gasteiger charge is -2.16. The minimum Gasteiger partial charge on any atom is -0.256 e. The van der Waals surface area contributed by atoms with Gasteiger partial charge in [-0.3, -0.25) is 5.43 Å². The van der Waals surface area contributed by atoms with Crippen LogP contribution in [0, 0.1) is 0 Å². The lowest BCUT2D eigenvalue weighted by molar-refractivity contribution is 0.558. The van der Waals surface area contributed by atoms with Gasteiger partial charge in [-0.05, 0) is 17.7 Å². The van der Waals surface area contributed by atoms with Crippen molar-refractivity contribution in [2.45, 2.75) is 11.3 Å². The maximum absolute atomic E-state index is 11.6. The minimum atomic E-state index is -3.10. The summed E-state index contributed by atoms with van der Waals surface area (Å²) in [4.78, 5) is 0. The Morgan fingerprint density at radius 1 is 1.31 bits per heavy atom. The first kappa shape index (κ1) is 12.0. The molecule has 6 heteroatoms. The largest absolute Gasteiger partial charge is 0.256 e. The Morgan fingerprint density at radius 2 is 1.94 bits per heavy atom. The maximum atomic E-state index is 11.6. The Hall–Kier alpha value is -0.430. The maximum Gasteiger partial charge on any atom is 0.165 e. The molecule has 0 saturated carbocycles. The number of benzene rings is 1. The van der Waals surface area contributed by atoms with E-state index in [0.717, 1.165) is 10.0 Å². The van der Waals surface area contributed by atoms with Crippen molar-refractivity contribution in [3.63, 3.8) is 0 Å². The predicted octanol–water partition coefficient (Wildman–Crippen LogP) is 1.01. The van der Waals surface area contributed by atoms with E-state index < -0.39 is 15.2 Å². The van der Waals surface area contributed by atoms with Crippen molar-refractivity contribution in [3.05, 3.63) is 34.3 Å². The highest BCUT2D eigenvalue weighted by Crippen LogP contribution is 2.26. The fourth-order valence-corrected chi connectivity index (χ4v) is 3.30. The van der Waals surface area contributed by atoms with Crippen LogP contribution in [0.3, 0.4) is 0 Å². The molecule has 16 heavy (non-hydrogen) atoms. The highest BCUT2D eigenvalue weighted by atomic mass is 79.9. The molecule has 0 spiro atoms. The molecular formula is C10H13BrN2O2S. The lowest BCUT2D eigenvalue weighted by atomic mass is 10.0. The van der Waals surface area contributed by atoms with Crippen LogP contribution in [-0.2, 0) is 9.84 Å². The molecule has 4 nitrogen and oxygen atoms in total. The third kappa shape index (κ3) is 2.45. The van der Waals surface area contributed by atoms with Crippen molar-refractivity contribution < 1.29 is 8.42 Å². The van der Waals surface area contributed by atoms with E-state index in [0.29, 0.717) is 6.54 Å². The molecule has 1 aromatic carbocycles. The fourth-order valence-electron chi connectivity index (χ4n) is 1.89. The molecular weight excluding hydrogens is 292 g/mol. The van der Waals surface area contributed by atoms with Crippen LogP contribution in [0.25, 0.3) is 0 Å². The van der Waals surface area contributed by atoms with Crippen LogP contribution in [-0.4, -0.2) is 26.6 Å². The number of hydrogen-bond donors (Lipinski definition) is 2. The number of nitrogens with one attached hydrogen (secondary N) is 2. The average Bonchev–Trinajstić information content (AvgIpc) is 2.66. The Kier molecular flexibility index (Phi) is 3.34. The van der Waals surface area contributed by atoms with Crippen LogP contribution >= 0.6 is 15.9 Å². The highest BCUT2D eigenvalue weighted by molar-refractivity contribution is 9.10. The van der Waals surface area contributed by atoms with Gasteiger partial charge in [-0.1, -0.05) is 28.1 Å². The van der Waals surface area contributed by atoms with Gasteiger partial charge in [0, 0.05) is 23.2 Å². The second kappa shape index (κ2) is 4.44. The molecule has 0 radical (unpaired) electrons. The molecule has 0 aromatic heterocycles. The first-order valence-corrected chi connectivity index (χ1v) is 7.66. The zero-order valence-electron chi connectivity index (χ0n) is 8.77. The van der Waals surface area contributed by atoms with E-state index in [-0.39, 0.29) is 5.92 Å². The number of sulfone groups is 1. The minimum absolute atomic E-state index is 0.0388. The molecule has 2 N–H and O–H groups in total. The smallest absolute Gasteiger partial charge is 0.165 e. The third-order valence-corrected chi connectivity index (χ3v) is 4.59. The summed E-state index contributed by atoms with van der Waals surface area (Å²) in [5, 5.41) is -0.548. The van der Waals surface area contributed by atoms with Gasteiger partial charge in [0.25, 0.3) is 0 Å². The SMILES string of the molecule is CS(=O)(=O)C1NNCC1c1ccc(Br)cc1. The van der Waals surface area contributed by atoms with E-state index in [1.165, 1.54) is 6.26 Å². The van der Waals surface area contributed by atoms with Gasteiger partial charge in [0.05, 0.1) is 0 Å². The van der Waals surface area contributed by atoms with Crippen molar-refractivity contribution in [1.29, 1.82) is 0 Å². The van der Waals surface area contributed by atoms with Crippen LogP contribution in [0.1, 0.15) is 11.5 Å². The van der Waals surface area contributed by atoms with Gasteiger partial charge in [-0.15, -0.1) is 0 Å². The van der Waals surface area contributed by atoms with Crippen LogP contribution in [0.2, 0.25) is 0 Å². The standard InChI is InChI=1S/C10H13BrN2O2S/c1-16(14,15)10-9(6-12-13-10)7-2-4-8(11)5-3-7/h2-5,9-10,12-13H,6H2,1H3. The Balaban J connectivity index is 2.30. The second-order valence-electron chi connectivity index (χ2n) is 3.93. The van der Waals surface area contributed by atoms with Crippen LogP contribution in [0.5, 0.6) is 0 Å². The molecule has 1 heterocycles. The number of halogens is 1. The third-order valence-electron chi connectivity index (χ3n) is 2.69. The van der Waals surface area contributed by atoms with Gasteiger partial charge in [0.1, 0.15) is 5.37 Å². The van der Waals surface area contributed by atoms with Crippen molar-refractivity contribution in [1.82, 2.24) is 10.9 Å². The van der Waals surface area contributed by atoms with Gasteiger partial charge in [-0.25, -0.2) is 13.8 Å². The van der Waals surface area contributed by atoms with Crippen molar-refractivity contribution in [3.8, 4) is 0 Å². The molecule has 0 amide bonds. The van der Waals surface area contributed by atoms with E-state index in [1.54, 1.807) is 0 Å². The van der Waals surface area contributed by atoms with Crippen molar-refractivity contribution in [2.75, 3.05) is 12.8 Å². The summed E-state index contributed by atoms with van der Waals surface area (Å²) >= 11 is 3.36. The summed E-state index contributed by atoms with van der Waals surface area (Å²) in [6.07, 6.45) is 1.25. The lowest BCUT2D eigenvalue weighted by Crippen LogP contribution is -2.37. The summed E-state index contributed by atoms with van der Waals surface area (Å²) in [7, 11) is -3.10. The van der Waals surface area contributed by atoms with Crippen molar-refractivity contribution in [2.24, 2.45) is 0 Å². The Bertz CT molecular complexity index is 472. The first-order valence-electron chi connectivity index (χ1n) is 4.91. The van der Waals surface area contributed by atoms with Gasteiger partial charge in [0.15, 0.2) is 9.84 Å². The predicted molar refractivity (Wildman–Crippen MR) is 66.7 cm³/mol. The molecule has 1 aliphatic rings. The molecule has 1 aromatic rings. The van der Waals surface area contributed by atoms with Gasteiger partial charge in [-0.2, -0.15) is 0 Å². The monoisotopic (exact) mass is 304 g/mol. The first-order chi connectivity index (χ1) is 7.48. The van der Waals surface area contributed by atoms with Gasteiger partial charge < -0.3 is 0 Å². The quantitative estimate of drug-likeness (QED) is 0.856. The van der Waals surface area contributed by atoms with Gasteiger partial charge in [0.2, 0.25) is 0 Å². The Labute approximate surface area is 103 Å². The molecule has 2 unspecified atom stereocenters. The average molecular weight is 305 g/mol. The number of rotatable bonds is 2. The number of hydrazine groups is 1. The molecule has 0 bridgehead atoms. The molecule has 2 atom stereocenters. The summed E-state index contributed by atoms with van der Waals surface area (Å²) in [6, 6.07) is 7.74. The zero-order valence-corrected chi connectivity index (χ0v) is 11.2. The van der Waals surface area contributed by atoms with Gasteiger partial charge >= 0.3 is 0 Å². The summed E-state index contributed by atoms with van der Waals surface area (Å²) in [5.74, 6) is -0.0388. The molecule has 88 valence electrons. The molecule has 0 aliphatic carbocycles. The molecule has 2 rings (SSSR count). The molecule has 1 fully saturated rings. The van der Waals surface area contributed by atoms with E-state index in [9.17, 15) is 8.42 Å². The van der Waals surface area contributed by atoms with E-state index >= 15 is 0 Å². The van der Waals surface area contributed by atoms with Crippen LogP contribution in [0.4, 0.5) is 0 Å². The molecule has 1 saturated heterocycles. The topological polar surface area (TPSA) is 58.2 Å². The van der Waals surface area contributed by atoms with Crippen LogP contribution < -0.4 is 10.9 Å². The van der Waals surface area contributed by atoms with E-state index in [2.05, 4.69) is 26.8 Å². The fraction of sp³-hybridized carbons (Fsp3) is 0.400. The van der Waals surface area contributed by atoms with Crippen LogP contribution in [0.15, 0.2) is 28.7 Å². The second-order valence-corrected chi connectivity index (χ2v) is 7.02. The molecule has 1 aliphatic heterocycles. The van der Waals surface area contributed by atoms with E-state index in [4.69, 9.17) is 0 Å². The highest BCUT2D eigenvalue weighted by Gasteiger charge is 2.35. The summed E-state index contributed by atoms with van der Waals surface area (Å²) < 4.78 is 24.1. The van der Waals surface area contributed by atoms with Crippen molar-refractivity contribution >= 4 is 25.8 Å². The zero-order chi connectivity index (χ0) is 11.8. The Morgan fingerprint density at radius 3 is 2.50 bits per heavy atom. The number of hydrogen-bond acceptors (Lipinski definition) is 4.